The summed E-state index contributed by atoms with van der Waals surface area (Å²) in [6, 6.07) is 1.30. The first-order chi connectivity index (χ1) is 10.7. The van der Waals surface area contributed by atoms with Gasteiger partial charge in [-0.25, -0.2) is 21.6 Å². The summed E-state index contributed by atoms with van der Waals surface area (Å²) in [5.41, 5.74) is 5.06. The van der Waals surface area contributed by atoms with E-state index in [1.165, 1.54) is 0 Å². The number of benzene rings is 1. The van der Waals surface area contributed by atoms with Crippen molar-refractivity contribution in [1.29, 1.82) is 0 Å². The fourth-order valence-corrected chi connectivity index (χ4v) is 3.94. The van der Waals surface area contributed by atoms with Crippen molar-refractivity contribution in [2.24, 2.45) is 5.73 Å². The van der Waals surface area contributed by atoms with Crippen molar-refractivity contribution in [2.45, 2.75) is 11.3 Å². The fourth-order valence-electron chi connectivity index (χ4n) is 2.44. The molecule has 6 nitrogen and oxygen atoms in total. The van der Waals surface area contributed by atoms with Crippen LogP contribution in [0, 0.1) is 17.5 Å². The standard InChI is InChI=1S/C13H16F3N3O3S/c14-9-1-2-10(13(16)12(9)15)23(21,22)19-7-5-18(6-8-19)4-3-11(17)20/h1-2H,3-8H2,(H2,17,20)/p+1. The highest BCUT2D eigenvalue weighted by molar-refractivity contribution is 7.89. The predicted molar refractivity (Wildman–Crippen MR) is 74.4 cm³/mol. The van der Waals surface area contributed by atoms with Gasteiger partial charge in [0.1, 0.15) is 4.90 Å². The van der Waals surface area contributed by atoms with Gasteiger partial charge in [0.05, 0.1) is 39.1 Å². The van der Waals surface area contributed by atoms with Crippen molar-refractivity contribution >= 4 is 15.9 Å². The number of nitrogens with two attached hydrogens (primary N) is 1. The van der Waals surface area contributed by atoms with E-state index in [1.54, 1.807) is 0 Å². The van der Waals surface area contributed by atoms with Crippen LogP contribution in [0.25, 0.3) is 0 Å². The Labute approximate surface area is 131 Å². The number of hydrogen-bond donors (Lipinski definition) is 2. The summed E-state index contributed by atoms with van der Waals surface area (Å²) in [4.78, 5) is 10.9. The number of halogens is 3. The van der Waals surface area contributed by atoms with Crippen molar-refractivity contribution < 1.29 is 31.3 Å². The van der Waals surface area contributed by atoms with Crippen LogP contribution in [0.15, 0.2) is 17.0 Å². The maximum absolute atomic E-state index is 13.7. The van der Waals surface area contributed by atoms with Crippen LogP contribution < -0.4 is 10.6 Å². The minimum atomic E-state index is -4.24. The van der Waals surface area contributed by atoms with E-state index in [0.717, 1.165) is 15.3 Å². The van der Waals surface area contributed by atoms with Crippen LogP contribution in [0.3, 0.4) is 0 Å². The predicted octanol–water partition coefficient (Wildman–Crippen LogP) is -1.13. The van der Waals surface area contributed by atoms with E-state index in [2.05, 4.69) is 0 Å². The van der Waals surface area contributed by atoms with Crippen molar-refractivity contribution in [3.05, 3.63) is 29.6 Å². The quantitative estimate of drug-likeness (QED) is 0.658. The molecule has 0 aliphatic carbocycles. The average Bonchev–Trinajstić information content (AvgIpc) is 2.51. The largest absolute Gasteiger partial charge is 0.369 e. The van der Waals surface area contributed by atoms with E-state index >= 15 is 0 Å². The minimum Gasteiger partial charge on any atom is -0.369 e. The van der Waals surface area contributed by atoms with Gasteiger partial charge in [0.25, 0.3) is 0 Å². The number of amides is 1. The average molecular weight is 352 g/mol. The lowest BCUT2D eigenvalue weighted by Gasteiger charge is -2.31. The molecule has 2 rings (SSSR count). The molecule has 1 aromatic rings. The molecule has 10 heteroatoms. The second-order valence-corrected chi connectivity index (χ2v) is 7.20. The third-order valence-corrected chi connectivity index (χ3v) is 5.69. The van der Waals surface area contributed by atoms with Crippen LogP contribution >= 0.6 is 0 Å². The lowest BCUT2D eigenvalue weighted by atomic mass is 10.3. The number of hydrogen-bond acceptors (Lipinski definition) is 3. The SMILES string of the molecule is NC(=O)CC[NH+]1CCN(S(=O)(=O)c2ccc(F)c(F)c2F)CC1. The van der Waals surface area contributed by atoms with E-state index < -0.39 is 38.3 Å². The fraction of sp³-hybridized carbons (Fsp3) is 0.462. The Morgan fingerprint density at radius 3 is 2.35 bits per heavy atom. The van der Waals surface area contributed by atoms with Gasteiger partial charge in [0.2, 0.25) is 15.9 Å². The zero-order valence-electron chi connectivity index (χ0n) is 12.2. The molecule has 23 heavy (non-hydrogen) atoms. The smallest absolute Gasteiger partial charge is 0.246 e. The summed E-state index contributed by atoms with van der Waals surface area (Å²) in [5, 5.41) is 0. The number of primary amides is 1. The highest BCUT2D eigenvalue weighted by atomic mass is 32.2. The Morgan fingerprint density at radius 1 is 1.17 bits per heavy atom. The molecule has 0 radical (unpaired) electrons. The Hall–Kier alpha value is -1.65. The molecule has 1 aliphatic rings. The van der Waals surface area contributed by atoms with E-state index in [9.17, 15) is 26.4 Å². The van der Waals surface area contributed by atoms with Gasteiger partial charge in [-0.05, 0) is 12.1 Å². The third-order valence-electron chi connectivity index (χ3n) is 3.77. The Bertz CT molecular complexity index is 704. The van der Waals surface area contributed by atoms with E-state index in [1.807, 2.05) is 0 Å². The molecule has 1 saturated heterocycles. The number of sulfonamides is 1. The number of nitrogens with one attached hydrogen (secondary N) is 1. The van der Waals surface area contributed by atoms with E-state index in [-0.39, 0.29) is 19.5 Å². The summed E-state index contributed by atoms with van der Waals surface area (Å²) in [6.07, 6.45) is 0.194. The topological polar surface area (TPSA) is 84.9 Å². The molecule has 0 atom stereocenters. The first kappa shape index (κ1) is 17.7. The number of carbonyl (C=O) groups excluding carboxylic acids is 1. The third kappa shape index (κ3) is 3.82. The number of rotatable bonds is 5. The number of quaternary nitrogens is 1. The van der Waals surface area contributed by atoms with E-state index in [0.29, 0.717) is 25.7 Å². The molecule has 1 fully saturated rings. The Morgan fingerprint density at radius 2 is 1.78 bits per heavy atom. The number of piperazine rings is 1. The van der Waals surface area contributed by atoms with Gasteiger partial charge >= 0.3 is 0 Å². The summed E-state index contributed by atoms with van der Waals surface area (Å²) >= 11 is 0. The van der Waals surface area contributed by atoms with Crippen molar-refractivity contribution in [3.63, 3.8) is 0 Å². The highest BCUT2D eigenvalue weighted by Crippen LogP contribution is 2.22. The zero-order chi connectivity index (χ0) is 17.2. The van der Waals surface area contributed by atoms with Crippen LogP contribution in [0.2, 0.25) is 0 Å². The summed E-state index contributed by atoms with van der Waals surface area (Å²) in [5.74, 6) is -5.40. The van der Waals surface area contributed by atoms with Gasteiger partial charge in [0.15, 0.2) is 17.5 Å². The Balaban J connectivity index is 2.11. The van der Waals surface area contributed by atoms with Gasteiger partial charge in [-0.3, -0.25) is 4.79 Å². The van der Waals surface area contributed by atoms with Crippen molar-refractivity contribution in [3.8, 4) is 0 Å². The van der Waals surface area contributed by atoms with Gasteiger partial charge in [-0.2, -0.15) is 4.31 Å². The first-order valence-corrected chi connectivity index (χ1v) is 8.43. The molecule has 0 spiro atoms. The van der Waals surface area contributed by atoms with Crippen LogP contribution in [0.4, 0.5) is 13.2 Å². The molecule has 0 unspecified atom stereocenters. The summed E-state index contributed by atoms with van der Waals surface area (Å²) < 4.78 is 65.6. The molecule has 0 bridgehead atoms. The van der Waals surface area contributed by atoms with Gasteiger partial charge in [-0.1, -0.05) is 0 Å². The van der Waals surface area contributed by atoms with Crippen LogP contribution in [0.1, 0.15) is 6.42 Å². The summed E-state index contributed by atoms with van der Waals surface area (Å²) in [6.45, 7) is 1.50. The van der Waals surface area contributed by atoms with Crippen molar-refractivity contribution in [1.82, 2.24) is 4.31 Å². The monoisotopic (exact) mass is 352 g/mol. The second-order valence-electron chi connectivity index (χ2n) is 5.29. The highest BCUT2D eigenvalue weighted by Gasteiger charge is 2.33. The number of carbonyl (C=O) groups is 1. The van der Waals surface area contributed by atoms with E-state index in [4.69, 9.17) is 5.73 Å². The van der Waals surface area contributed by atoms with Crippen LogP contribution in [-0.4, -0.2) is 51.4 Å². The summed E-state index contributed by atoms with van der Waals surface area (Å²) in [7, 11) is -4.24. The maximum atomic E-state index is 13.7. The molecular weight excluding hydrogens is 335 g/mol. The normalized spacial score (nSPS) is 17.3. The molecule has 1 aliphatic heterocycles. The molecule has 128 valence electrons. The first-order valence-electron chi connectivity index (χ1n) is 6.99. The molecule has 0 saturated carbocycles. The van der Waals surface area contributed by atoms with Crippen LogP contribution in [-0.2, 0) is 14.8 Å². The lowest BCUT2D eigenvalue weighted by Crippen LogP contribution is -3.15. The Kier molecular flexibility index (Phi) is 5.27. The molecule has 1 heterocycles. The van der Waals surface area contributed by atoms with Gasteiger partial charge < -0.3 is 10.6 Å². The maximum Gasteiger partial charge on any atom is 0.246 e. The van der Waals surface area contributed by atoms with Gasteiger partial charge in [-0.15, -0.1) is 0 Å². The molecular formula is C13H17F3N3O3S+. The molecule has 3 N–H and O–H groups in total. The zero-order valence-corrected chi connectivity index (χ0v) is 13.0. The molecule has 1 amide bonds. The second kappa shape index (κ2) is 6.85. The van der Waals surface area contributed by atoms with Crippen molar-refractivity contribution in [2.75, 3.05) is 32.7 Å². The number of nitrogens with zero attached hydrogens (tertiary/aromatic N) is 1. The molecule has 1 aromatic carbocycles. The minimum absolute atomic E-state index is 0.0921. The molecule has 0 aromatic heterocycles. The lowest BCUT2D eigenvalue weighted by molar-refractivity contribution is -0.903. The van der Waals surface area contributed by atoms with Crippen LogP contribution in [0.5, 0.6) is 0 Å². The van der Waals surface area contributed by atoms with Gasteiger partial charge in [0, 0.05) is 0 Å².